The molecule has 5 heteroatoms. The third-order valence-electron chi connectivity index (χ3n) is 4.80. The molecular weight excluding hydrogens is 339 g/mol. The Balaban J connectivity index is 1.49. The van der Waals surface area contributed by atoms with E-state index in [1.165, 1.54) is 49.8 Å². The Labute approximate surface area is 151 Å². The van der Waals surface area contributed by atoms with Crippen LogP contribution in [0.3, 0.4) is 0 Å². The molecule has 0 unspecified atom stereocenters. The van der Waals surface area contributed by atoms with Crippen LogP contribution in [0.15, 0.2) is 53.7 Å². The van der Waals surface area contributed by atoms with Gasteiger partial charge in [0.05, 0.1) is 11.8 Å². The van der Waals surface area contributed by atoms with E-state index in [9.17, 15) is 13.2 Å². The molecule has 1 saturated carbocycles. The van der Waals surface area contributed by atoms with Crippen LogP contribution in [-0.2, 0) is 17.6 Å². The van der Waals surface area contributed by atoms with Crippen molar-refractivity contribution >= 4 is 6.21 Å². The zero-order valence-corrected chi connectivity index (χ0v) is 14.5. The van der Waals surface area contributed by atoms with Crippen LogP contribution < -0.4 is 0 Å². The number of hydrogen-bond acceptors (Lipinski definition) is 2. The van der Waals surface area contributed by atoms with Gasteiger partial charge < -0.3 is 4.84 Å². The summed E-state index contributed by atoms with van der Waals surface area (Å²) in [5, 5.41) is 3.90. The van der Waals surface area contributed by atoms with Crippen molar-refractivity contribution in [2.75, 3.05) is 0 Å². The summed E-state index contributed by atoms with van der Waals surface area (Å²) in [5.74, 6) is 0.672. The van der Waals surface area contributed by atoms with Crippen LogP contribution in [0.4, 0.5) is 13.2 Å². The smallest absolute Gasteiger partial charge is 0.391 e. The van der Waals surface area contributed by atoms with Gasteiger partial charge in [0.2, 0.25) is 0 Å². The molecule has 0 saturated heterocycles. The van der Waals surface area contributed by atoms with E-state index in [4.69, 9.17) is 4.84 Å². The fourth-order valence-corrected chi connectivity index (χ4v) is 3.29. The largest absolute Gasteiger partial charge is 0.416 e. The summed E-state index contributed by atoms with van der Waals surface area (Å²) in [5.41, 5.74) is 2.30. The predicted molar refractivity (Wildman–Crippen MR) is 96.1 cm³/mol. The summed E-state index contributed by atoms with van der Waals surface area (Å²) in [6.07, 6.45) is 3.80. The second kappa shape index (κ2) is 8.39. The Bertz CT molecular complexity index is 714. The normalized spacial score (nSPS) is 16.1. The first-order valence-electron chi connectivity index (χ1n) is 8.94. The third kappa shape index (κ3) is 5.10. The summed E-state index contributed by atoms with van der Waals surface area (Å²) in [6, 6.07) is 13.2. The fourth-order valence-electron chi connectivity index (χ4n) is 3.29. The van der Waals surface area contributed by atoms with E-state index in [0.29, 0.717) is 11.5 Å². The molecule has 0 aromatic heterocycles. The minimum Gasteiger partial charge on any atom is -0.391 e. The van der Waals surface area contributed by atoms with E-state index >= 15 is 0 Å². The van der Waals surface area contributed by atoms with Gasteiger partial charge in [0, 0.05) is 0 Å². The van der Waals surface area contributed by atoms with Gasteiger partial charge in [0.25, 0.3) is 0 Å². The maximum Gasteiger partial charge on any atom is 0.416 e. The maximum absolute atomic E-state index is 12.5. The standard InChI is InChI=1S/C21H22F3NO/c22-21(23,24)20-12-8-17(9-13-20)15-26-25-14-16-6-10-19(11-7-16)18-4-2-1-3-5-18/h6-14,18H,1-5,15H2. The van der Waals surface area contributed by atoms with Gasteiger partial charge in [-0.1, -0.05) is 60.8 Å². The van der Waals surface area contributed by atoms with Crippen molar-refractivity contribution < 1.29 is 18.0 Å². The third-order valence-corrected chi connectivity index (χ3v) is 4.80. The number of halogens is 3. The monoisotopic (exact) mass is 361 g/mol. The number of oxime groups is 1. The molecule has 26 heavy (non-hydrogen) atoms. The zero-order chi connectivity index (χ0) is 18.4. The van der Waals surface area contributed by atoms with E-state index in [1.807, 2.05) is 12.1 Å². The molecule has 1 fully saturated rings. The van der Waals surface area contributed by atoms with Gasteiger partial charge >= 0.3 is 6.18 Å². The zero-order valence-electron chi connectivity index (χ0n) is 14.5. The first-order chi connectivity index (χ1) is 12.5. The van der Waals surface area contributed by atoms with Crippen molar-refractivity contribution in [2.24, 2.45) is 5.16 Å². The highest BCUT2D eigenvalue weighted by Crippen LogP contribution is 2.32. The Morgan fingerprint density at radius 1 is 0.923 bits per heavy atom. The summed E-state index contributed by atoms with van der Waals surface area (Å²) in [4.78, 5) is 5.18. The van der Waals surface area contributed by atoms with Crippen LogP contribution >= 0.6 is 0 Å². The van der Waals surface area contributed by atoms with Crippen LogP contribution in [0.1, 0.15) is 60.3 Å². The Hall–Kier alpha value is -2.30. The van der Waals surface area contributed by atoms with Gasteiger partial charge in [-0.2, -0.15) is 13.2 Å². The van der Waals surface area contributed by atoms with Gasteiger partial charge in [-0.25, -0.2) is 0 Å². The first kappa shape index (κ1) is 18.5. The van der Waals surface area contributed by atoms with Gasteiger partial charge in [-0.3, -0.25) is 0 Å². The first-order valence-corrected chi connectivity index (χ1v) is 8.94. The average molecular weight is 361 g/mol. The van der Waals surface area contributed by atoms with E-state index < -0.39 is 11.7 Å². The highest BCUT2D eigenvalue weighted by molar-refractivity contribution is 5.79. The fraction of sp³-hybridized carbons (Fsp3) is 0.381. The molecule has 0 atom stereocenters. The lowest BCUT2D eigenvalue weighted by molar-refractivity contribution is -0.137. The van der Waals surface area contributed by atoms with E-state index in [2.05, 4.69) is 17.3 Å². The molecule has 2 aromatic rings. The Morgan fingerprint density at radius 2 is 1.58 bits per heavy atom. The van der Waals surface area contributed by atoms with Crippen LogP contribution in [-0.4, -0.2) is 6.21 Å². The summed E-state index contributed by atoms with van der Waals surface area (Å²) in [7, 11) is 0. The lowest BCUT2D eigenvalue weighted by Gasteiger charge is -2.21. The summed E-state index contributed by atoms with van der Waals surface area (Å²) >= 11 is 0. The molecule has 0 aliphatic heterocycles. The topological polar surface area (TPSA) is 21.6 Å². The number of rotatable bonds is 5. The molecule has 138 valence electrons. The highest BCUT2D eigenvalue weighted by atomic mass is 19.4. The average Bonchev–Trinajstić information content (AvgIpc) is 2.66. The molecule has 0 radical (unpaired) electrons. The number of hydrogen-bond donors (Lipinski definition) is 0. The van der Waals surface area contributed by atoms with Gasteiger partial charge in [0.1, 0.15) is 6.61 Å². The second-order valence-electron chi connectivity index (χ2n) is 6.70. The molecule has 0 amide bonds. The van der Waals surface area contributed by atoms with Gasteiger partial charge in [-0.15, -0.1) is 0 Å². The van der Waals surface area contributed by atoms with Gasteiger partial charge in [0.15, 0.2) is 0 Å². The second-order valence-corrected chi connectivity index (χ2v) is 6.70. The quantitative estimate of drug-likeness (QED) is 0.452. The molecular formula is C21H22F3NO. The van der Waals surface area contributed by atoms with Crippen LogP contribution in [0.2, 0.25) is 0 Å². The van der Waals surface area contributed by atoms with Gasteiger partial charge in [-0.05, 0) is 47.6 Å². The van der Waals surface area contributed by atoms with E-state index in [-0.39, 0.29) is 6.61 Å². The highest BCUT2D eigenvalue weighted by Gasteiger charge is 2.29. The minimum atomic E-state index is -4.32. The SMILES string of the molecule is FC(F)(F)c1ccc(CON=Cc2ccc(C3CCCCC3)cc2)cc1. The molecule has 2 aromatic carbocycles. The number of alkyl halides is 3. The minimum absolute atomic E-state index is 0.134. The van der Waals surface area contributed by atoms with Crippen molar-refractivity contribution in [2.45, 2.75) is 50.8 Å². The maximum atomic E-state index is 12.5. The lowest BCUT2D eigenvalue weighted by atomic mass is 9.84. The molecule has 2 nitrogen and oxygen atoms in total. The number of nitrogens with zero attached hydrogens (tertiary/aromatic N) is 1. The summed E-state index contributed by atoms with van der Waals surface area (Å²) in [6.45, 7) is 0.134. The number of benzene rings is 2. The van der Waals surface area contributed by atoms with Crippen LogP contribution in [0.25, 0.3) is 0 Å². The predicted octanol–water partition coefficient (Wildman–Crippen LogP) is 6.30. The lowest BCUT2D eigenvalue weighted by Crippen LogP contribution is -2.04. The molecule has 1 aliphatic carbocycles. The Morgan fingerprint density at radius 3 is 2.19 bits per heavy atom. The van der Waals surface area contributed by atoms with E-state index in [1.54, 1.807) is 6.21 Å². The molecule has 0 heterocycles. The molecule has 0 N–H and O–H groups in total. The Kier molecular flexibility index (Phi) is 5.96. The van der Waals surface area contributed by atoms with Crippen molar-refractivity contribution in [3.05, 3.63) is 70.8 Å². The van der Waals surface area contributed by atoms with Crippen molar-refractivity contribution in [1.29, 1.82) is 0 Å². The van der Waals surface area contributed by atoms with Crippen molar-refractivity contribution in [1.82, 2.24) is 0 Å². The summed E-state index contributed by atoms with van der Waals surface area (Å²) < 4.78 is 37.5. The molecule has 0 spiro atoms. The van der Waals surface area contributed by atoms with E-state index in [0.717, 1.165) is 17.7 Å². The van der Waals surface area contributed by atoms with Crippen LogP contribution in [0.5, 0.6) is 0 Å². The van der Waals surface area contributed by atoms with Crippen molar-refractivity contribution in [3.8, 4) is 0 Å². The molecule has 0 bridgehead atoms. The van der Waals surface area contributed by atoms with Crippen LogP contribution in [0, 0.1) is 0 Å². The molecule has 1 aliphatic rings. The van der Waals surface area contributed by atoms with Crippen molar-refractivity contribution in [3.63, 3.8) is 0 Å². The molecule has 3 rings (SSSR count).